The van der Waals surface area contributed by atoms with Crippen LogP contribution in [-0.2, 0) is 4.74 Å². The number of rotatable bonds is 5. The lowest BCUT2D eigenvalue weighted by Crippen LogP contribution is -2.41. The Balaban J connectivity index is 1.38. The normalized spacial score (nSPS) is 15.9. The van der Waals surface area contributed by atoms with Gasteiger partial charge in [0.1, 0.15) is 0 Å². The number of anilines is 1. The molecular formula is C24H26N4O4. The van der Waals surface area contributed by atoms with Crippen LogP contribution < -0.4 is 5.32 Å². The minimum atomic E-state index is -0.381. The Hall–Kier alpha value is -3.68. The van der Waals surface area contributed by atoms with Crippen LogP contribution >= 0.6 is 0 Å². The van der Waals surface area contributed by atoms with E-state index in [0.717, 1.165) is 24.0 Å². The molecule has 0 bridgehead atoms. The Labute approximate surface area is 186 Å². The van der Waals surface area contributed by atoms with Gasteiger partial charge in [0.2, 0.25) is 11.7 Å². The molecule has 2 aromatic carbocycles. The van der Waals surface area contributed by atoms with Gasteiger partial charge < -0.3 is 19.5 Å². The van der Waals surface area contributed by atoms with Crippen LogP contribution in [0.25, 0.3) is 11.4 Å². The molecule has 8 nitrogen and oxygen atoms in total. The minimum absolute atomic E-state index is 0.00764. The smallest absolute Gasteiger partial charge is 0.338 e. The molecule has 2 amide bonds. The first-order valence-electron chi connectivity index (χ1n) is 10.8. The van der Waals surface area contributed by atoms with E-state index in [1.807, 2.05) is 31.2 Å². The molecule has 1 N–H and O–H groups in total. The monoisotopic (exact) mass is 434 g/mol. The molecule has 1 aliphatic heterocycles. The molecule has 1 unspecified atom stereocenters. The molecule has 32 heavy (non-hydrogen) atoms. The molecule has 0 spiro atoms. The Morgan fingerprint density at radius 2 is 2.03 bits per heavy atom. The van der Waals surface area contributed by atoms with Gasteiger partial charge in [-0.2, -0.15) is 4.98 Å². The van der Waals surface area contributed by atoms with Crippen molar-refractivity contribution < 1.29 is 18.8 Å². The zero-order chi connectivity index (χ0) is 22.5. The second kappa shape index (κ2) is 9.64. The zero-order valence-corrected chi connectivity index (χ0v) is 18.2. The lowest BCUT2D eigenvalue weighted by molar-refractivity contribution is 0.0526. The Bertz CT molecular complexity index is 1090. The first-order valence-corrected chi connectivity index (χ1v) is 10.8. The Morgan fingerprint density at radius 1 is 1.22 bits per heavy atom. The third-order valence-corrected chi connectivity index (χ3v) is 5.42. The van der Waals surface area contributed by atoms with E-state index in [2.05, 4.69) is 15.5 Å². The summed E-state index contributed by atoms with van der Waals surface area (Å²) in [6.07, 6.45) is 1.73. The van der Waals surface area contributed by atoms with Crippen LogP contribution in [0.1, 0.15) is 47.5 Å². The van der Waals surface area contributed by atoms with E-state index in [4.69, 9.17) is 9.26 Å². The van der Waals surface area contributed by atoms with Gasteiger partial charge in [0.15, 0.2) is 0 Å². The fourth-order valence-corrected chi connectivity index (χ4v) is 3.77. The highest BCUT2D eigenvalue weighted by Crippen LogP contribution is 2.28. The number of ether oxygens (including phenoxy) is 1. The van der Waals surface area contributed by atoms with Gasteiger partial charge in [0, 0.05) is 24.3 Å². The SMILES string of the molecule is CCOC(=O)c1ccc(NC(=O)N2CCCC(c3nc(-c4cccc(C)c4)no3)C2)cc1. The van der Waals surface area contributed by atoms with Crippen molar-refractivity contribution in [3.05, 3.63) is 65.5 Å². The quantitative estimate of drug-likeness (QED) is 0.588. The van der Waals surface area contributed by atoms with Crippen molar-refractivity contribution >= 4 is 17.7 Å². The van der Waals surface area contributed by atoms with Gasteiger partial charge in [0.05, 0.1) is 18.1 Å². The minimum Gasteiger partial charge on any atom is -0.462 e. The number of nitrogens with zero attached hydrogens (tertiary/aromatic N) is 3. The highest BCUT2D eigenvalue weighted by atomic mass is 16.5. The number of aryl methyl sites for hydroxylation is 1. The van der Waals surface area contributed by atoms with Gasteiger partial charge in [-0.3, -0.25) is 0 Å². The number of hydrogen-bond donors (Lipinski definition) is 1. The van der Waals surface area contributed by atoms with Crippen LogP contribution in [0.3, 0.4) is 0 Å². The first-order chi connectivity index (χ1) is 15.5. The van der Waals surface area contributed by atoms with Gasteiger partial charge in [-0.25, -0.2) is 9.59 Å². The van der Waals surface area contributed by atoms with Crippen molar-refractivity contribution in [2.24, 2.45) is 0 Å². The van der Waals surface area contributed by atoms with E-state index < -0.39 is 0 Å². The van der Waals surface area contributed by atoms with Crippen molar-refractivity contribution in [3.63, 3.8) is 0 Å². The molecule has 1 aromatic heterocycles. The molecule has 2 heterocycles. The largest absolute Gasteiger partial charge is 0.462 e. The van der Waals surface area contributed by atoms with Crippen LogP contribution in [0.2, 0.25) is 0 Å². The predicted octanol–water partition coefficient (Wildman–Crippen LogP) is 4.63. The second-order valence-electron chi connectivity index (χ2n) is 7.84. The highest BCUT2D eigenvalue weighted by Gasteiger charge is 2.29. The lowest BCUT2D eigenvalue weighted by Gasteiger charge is -2.31. The van der Waals surface area contributed by atoms with E-state index in [-0.39, 0.29) is 17.9 Å². The lowest BCUT2D eigenvalue weighted by atomic mass is 9.98. The number of likely N-dealkylation sites (tertiary alicyclic amines) is 1. The van der Waals surface area contributed by atoms with Gasteiger partial charge in [-0.1, -0.05) is 28.9 Å². The number of carbonyl (C=O) groups excluding carboxylic acids is 2. The molecule has 8 heteroatoms. The number of carbonyl (C=O) groups is 2. The predicted molar refractivity (Wildman–Crippen MR) is 119 cm³/mol. The number of piperidine rings is 1. The van der Waals surface area contributed by atoms with Crippen molar-refractivity contribution in [1.82, 2.24) is 15.0 Å². The third kappa shape index (κ3) is 4.96. The standard InChI is InChI=1S/C24H26N4O4/c1-3-31-23(29)17-9-11-20(12-10-17)25-24(30)28-13-5-8-19(15-28)22-26-21(27-32-22)18-7-4-6-16(2)14-18/h4,6-7,9-12,14,19H,3,5,8,13,15H2,1-2H3,(H,25,30). The number of esters is 1. The number of aromatic nitrogens is 2. The fourth-order valence-electron chi connectivity index (χ4n) is 3.77. The summed E-state index contributed by atoms with van der Waals surface area (Å²) in [5, 5.41) is 7.02. The number of amides is 2. The van der Waals surface area contributed by atoms with Gasteiger partial charge >= 0.3 is 12.0 Å². The highest BCUT2D eigenvalue weighted by molar-refractivity contribution is 5.92. The molecule has 1 aliphatic rings. The summed E-state index contributed by atoms with van der Waals surface area (Å²) in [6, 6.07) is 14.4. The molecular weight excluding hydrogens is 408 g/mol. The van der Waals surface area contributed by atoms with Crippen molar-refractivity contribution in [1.29, 1.82) is 0 Å². The Morgan fingerprint density at radius 3 is 2.78 bits per heavy atom. The molecule has 1 fully saturated rings. The summed E-state index contributed by atoms with van der Waals surface area (Å²) in [4.78, 5) is 30.9. The first kappa shape index (κ1) is 21.5. The fraction of sp³-hybridized carbons (Fsp3) is 0.333. The van der Waals surface area contributed by atoms with Gasteiger partial charge in [-0.05, 0) is 57.0 Å². The number of nitrogens with one attached hydrogen (secondary N) is 1. The molecule has 4 rings (SSSR count). The second-order valence-corrected chi connectivity index (χ2v) is 7.84. The summed E-state index contributed by atoms with van der Waals surface area (Å²) >= 11 is 0. The summed E-state index contributed by atoms with van der Waals surface area (Å²) < 4.78 is 10.5. The third-order valence-electron chi connectivity index (χ3n) is 5.42. The molecule has 1 saturated heterocycles. The van der Waals surface area contributed by atoms with E-state index in [9.17, 15) is 9.59 Å². The van der Waals surface area contributed by atoms with Crippen molar-refractivity contribution in [2.75, 3.05) is 25.0 Å². The van der Waals surface area contributed by atoms with Crippen LogP contribution in [0.15, 0.2) is 53.1 Å². The maximum atomic E-state index is 12.8. The topological polar surface area (TPSA) is 97.6 Å². The maximum Gasteiger partial charge on any atom is 0.338 e. The van der Waals surface area contributed by atoms with E-state index >= 15 is 0 Å². The molecule has 0 radical (unpaired) electrons. The Kier molecular flexibility index (Phi) is 6.49. The number of hydrogen-bond acceptors (Lipinski definition) is 6. The van der Waals surface area contributed by atoms with Crippen molar-refractivity contribution in [3.8, 4) is 11.4 Å². The van der Waals surface area contributed by atoms with Gasteiger partial charge in [0.25, 0.3) is 0 Å². The van der Waals surface area contributed by atoms with Crippen molar-refractivity contribution in [2.45, 2.75) is 32.6 Å². The van der Waals surface area contributed by atoms with Crippen LogP contribution in [-0.4, -0.2) is 46.7 Å². The number of benzene rings is 2. The van der Waals surface area contributed by atoms with Crippen LogP contribution in [0.5, 0.6) is 0 Å². The number of urea groups is 1. The van der Waals surface area contributed by atoms with E-state index in [1.54, 1.807) is 36.1 Å². The molecule has 3 aromatic rings. The molecule has 166 valence electrons. The average molecular weight is 434 g/mol. The van der Waals surface area contributed by atoms with E-state index in [1.165, 1.54) is 0 Å². The summed E-state index contributed by atoms with van der Waals surface area (Å²) in [7, 11) is 0. The zero-order valence-electron chi connectivity index (χ0n) is 18.2. The van der Waals surface area contributed by atoms with Crippen LogP contribution in [0, 0.1) is 6.92 Å². The van der Waals surface area contributed by atoms with Crippen LogP contribution in [0.4, 0.5) is 10.5 Å². The summed E-state index contributed by atoms with van der Waals surface area (Å²) in [6.45, 7) is 5.26. The average Bonchev–Trinajstić information content (AvgIpc) is 3.30. The molecule has 1 atom stereocenters. The van der Waals surface area contributed by atoms with E-state index in [0.29, 0.717) is 42.7 Å². The maximum absolute atomic E-state index is 12.8. The molecule has 0 aliphatic carbocycles. The summed E-state index contributed by atoms with van der Waals surface area (Å²) in [5.41, 5.74) is 3.11. The molecule has 0 saturated carbocycles. The van der Waals surface area contributed by atoms with Gasteiger partial charge in [-0.15, -0.1) is 0 Å². The summed E-state index contributed by atoms with van der Waals surface area (Å²) in [5.74, 6) is 0.727.